The van der Waals surface area contributed by atoms with Gasteiger partial charge < -0.3 is 9.84 Å². The molecule has 1 N–H and O–H groups in total. The summed E-state index contributed by atoms with van der Waals surface area (Å²) in [6.45, 7) is 6.51. The van der Waals surface area contributed by atoms with E-state index in [1.807, 2.05) is 37.5 Å². The molecule has 1 saturated heterocycles. The first-order chi connectivity index (χ1) is 10.1. The molecular formula is C13H18N4OS3. The first-order valence-corrected chi connectivity index (χ1v) is 9.61. The Morgan fingerprint density at radius 2 is 2.10 bits per heavy atom. The normalized spacial score (nSPS) is 26.0. The van der Waals surface area contributed by atoms with Crippen molar-refractivity contribution in [3.8, 4) is 11.5 Å². The van der Waals surface area contributed by atoms with E-state index in [2.05, 4.69) is 33.7 Å². The summed E-state index contributed by atoms with van der Waals surface area (Å²) in [6, 6.07) is 0. The Morgan fingerprint density at radius 1 is 1.29 bits per heavy atom. The molecule has 114 valence electrons. The number of thioether (sulfide) groups is 2. The number of nitrogens with one attached hydrogen (secondary N) is 1. The van der Waals surface area contributed by atoms with Gasteiger partial charge in [-0.2, -0.15) is 21.1 Å². The maximum Gasteiger partial charge on any atom is 0.262 e. The zero-order valence-corrected chi connectivity index (χ0v) is 14.9. The summed E-state index contributed by atoms with van der Waals surface area (Å²) in [5.41, 5.74) is 1.85. The lowest BCUT2D eigenvalue weighted by Crippen LogP contribution is -2.22. The highest BCUT2D eigenvalue weighted by Gasteiger charge is 2.30. The van der Waals surface area contributed by atoms with E-state index in [0.29, 0.717) is 21.6 Å². The van der Waals surface area contributed by atoms with Crippen LogP contribution in [0.1, 0.15) is 30.6 Å². The maximum atomic E-state index is 5.49. The van der Waals surface area contributed by atoms with Crippen LogP contribution in [0.25, 0.3) is 11.5 Å². The standard InChI is InChI=1S/C13H18N4OS3/c1-6-10(13(14-4)21-17-6)12-15-11(16-18-12)9-5-19-7(2)8(3)20-9/h7-9,14H,5H2,1-4H3. The fraction of sp³-hybridized carbons (Fsp3) is 0.615. The zero-order valence-electron chi connectivity index (χ0n) is 12.4. The van der Waals surface area contributed by atoms with Gasteiger partial charge in [0.05, 0.1) is 16.5 Å². The molecule has 0 bridgehead atoms. The molecule has 3 heterocycles. The van der Waals surface area contributed by atoms with Crippen molar-refractivity contribution in [2.75, 3.05) is 18.1 Å². The second-order valence-electron chi connectivity index (χ2n) is 5.05. The number of anilines is 1. The van der Waals surface area contributed by atoms with Crippen molar-refractivity contribution in [3.63, 3.8) is 0 Å². The van der Waals surface area contributed by atoms with Crippen molar-refractivity contribution in [3.05, 3.63) is 11.5 Å². The smallest absolute Gasteiger partial charge is 0.262 e. The largest absolute Gasteiger partial charge is 0.378 e. The molecule has 0 saturated carbocycles. The molecule has 0 aromatic carbocycles. The fourth-order valence-corrected chi connectivity index (χ4v) is 5.75. The minimum absolute atomic E-state index is 0.309. The second-order valence-corrected chi connectivity index (χ2v) is 8.82. The second kappa shape index (κ2) is 6.18. The van der Waals surface area contributed by atoms with Crippen LogP contribution in [0, 0.1) is 6.92 Å². The molecule has 3 unspecified atom stereocenters. The molecule has 0 spiro atoms. The van der Waals surface area contributed by atoms with Crippen molar-refractivity contribution >= 4 is 40.1 Å². The van der Waals surface area contributed by atoms with Gasteiger partial charge in [-0.15, -0.1) is 11.8 Å². The first kappa shape index (κ1) is 15.2. The van der Waals surface area contributed by atoms with Crippen LogP contribution >= 0.6 is 35.1 Å². The monoisotopic (exact) mass is 342 g/mol. The van der Waals surface area contributed by atoms with E-state index in [9.17, 15) is 0 Å². The van der Waals surface area contributed by atoms with Crippen LogP contribution in [0.5, 0.6) is 0 Å². The van der Waals surface area contributed by atoms with E-state index in [4.69, 9.17) is 4.52 Å². The third kappa shape index (κ3) is 2.93. The van der Waals surface area contributed by atoms with Gasteiger partial charge in [0, 0.05) is 23.3 Å². The van der Waals surface area contributed by atoms with E-state index >= 15 is 0 Å². The van der Waals surface area contributed by atoms with Gasteiger partial charge >= 0.3 is 0 Å². The number of aryl methyl sites for hydroxylation is 1. The highest BCUT2D eigenvalue weighted by Crippen LogP contribution is 2.44. The van der Waals surface area contributed by atoms with E-state index < -0.39 is 0 Å². The van der Waals surface area contributed by atoms with Crippen molar-refractivity contribution in [1.82, 2.24) is 14.5 Å². The molecule has 2 aromatic heterocycles. The summed E-state index contributed by atoms with van der Waals surface area (Å²) in [5.74, 6) is 2.40. The van der Waals surface area contributed by atoms with Gasteiger partial charge in [-0.05, 0) is 18.5 Å². The molecule has 21 heavy (non-hydrogen) atoms. The molecule has 1 aliphatic rings. The van der Waals surface area contributed by atoms with Gasteiger partial charge in [-0.25, -0.2) is 0 Å². The van der Waals surface area contributed by atoms with Crippen molar-refractivity contribution < 1.29 is 4.52 Å². The minimum atomic E-state index is 0.309. The highest BCUT2D eigenvalue weighted by atomic mass is 32.2. The van der Waals surface area contributed by atoms with Crippen molar-refractivity contribution in [1.29, 1.82) is 0 Å². The van der Waals surface area contributed by atoms with Crippen LogP contribution < -0.4 is 5.32 Å². The summed E-state index contributed by atoms with van der Waals surface area (Å²) in [7, 11) is 1.88. The van der Waals surface area contributed by atoms with Gasteiger partial charge in [0.25, 0.3) is 5.89 Å². The van der Waals surface area contributed by atoms with Crippen LogP contribution in [0.2, 0.25) is 0 Å². The average molecular weight is 343 g/mol. The third-order valence-electron chi connectivity index (χ3n) is 3.58. The lowest BCUT2D eigenvalue weighted by Gasteiger charge is -2.29. The third-order valence-corrected chi connectivity index (χ3v) is 7.93. The molecule has 3 rings (SSSR count). The summed E-state index contributed by atoms with van der Waals surface area (Å²) < 4.78 is 9.84. The molecule has 8 heteroatoms. The van der Waals surface area contributed by atoms with Gasteiger partial charge in [0.2, 0.25) is 0 Å². The summed E-state index contributed by atoms with van der Waals surface area (Å²) in [6.07, 6.45) is 0. The van der Waals surface area contributed by atoms with Gasteiger partial charge in [-0.1, -0.05) is 19.0 Å². The van der Waals surface area contributed by atoms with Gasteiger partial charge in [0.1, 0.15) is 5.00 Å². The molecule has 3 atom stereocenters. The Hall–Kier alpha value is -0.730. The van der Waals surface area contributed by atoms with E-state index in [-0.39, 0.29) is 0 Å². The summed E-state index contributed by atoms with van der Waals surface area (Å²) in [5, 5.41) is 9.90. The van der Waals surface area contributed by atoms with E-state index in [0.717, 1.165) is 27.8 Å². The lowest BCUT2D eigenvalue weighted by molar-refractivity contribution is 0.423. The van der Waals surface area contributed by atoms with Crippen LogP contribution in [-0.4, -0.2) is 37.8 Å². The Morgan fingerprint density at radius 3 is 2.81 bits per heavy atom. The predicted molar refractivity (Wildman–Crippen MR) is 91.4 cm³/mol. The lowest BCUT2D eigenvalue weighted by atomic mass is 10.2. The summed E-state index contributed by atoms with van der Waals surface area (Å²) >= 11 is 5.34. The predicted octanol–water partition coefficient (Wildman–Crippen LogP) is 3.84. The Labute approximate surface area is 136 Å². The number of rotatable bonds is 3. The Kier molecular flexibility index (Phi) is 4.46. The average Bonchev–Trinajstić information content (AvgIpc) is 3.08. The Balaban J connectivity index is 1.85. The fourth-order valence-electron chi connectivity index (χ4n) is 2.18. The molecular weight excluding hydrogens is 324 g/mol. The number of aromatic nitrogens is 3. The minimum Gasteiger partial charge on any atom is -0.378 e. The van der Waals surface area contributed by atoms with Crippen molar-refractivity contribution in [2.24, 2.45) is 0 Å². The molecule has 5 nitrogen and oxygen atoms in total. The zero-order chi connectivity index (χ0) is 15.0. The molecule has 1 aliphatic heterocycles. The van der Waals surface area contributed by atoms with Crippen LogP contribution in [0.3, 0.4) is 0 Å². The van der Waals surface area contributed by atoms with E-state index in [1.54, 1.807) is 0 Å². The molecule has 0 aliphatic carbocycles. The van der Waals surface area contributed by atoms with Crippen LogP contribution in [0.4, 0.5) is 5.00 Å². The maximum absolute atomic E-state index is 5.49. The highest BCUT2D eigenvalue weighted by molar-refractivity contribution is 8.07. The molecule has 0 amide bonds. The number of nitrogens with zero attached hydrogens (tertiary/aromatic N) is 3. The molecule has 1 fully saturated rings. The van der Waals surface area contributed by atoms with Crippen molar-refractivity contribution in [2.45, 2.75) is 36.5 Å². The summed E-state index contributed by atoms with van der Waals surface area (Å²) in [4.78, 5) is 4.62. The van der Waals surface area contributed by atoms with Gasteiger partial charge in [0.15, 0.2) is 5.82 Å². The topological polar surface area (TPSA) is 63.8 Å². The van der Waals surface area contributed by atoms with Gasteiger partial charge in [-0.3, -0.25) is 0 Å². The SMILES string of the molecule is CNc1snc(C)c1-c1nc(C2CSC(C)C(C)S2)no1. The van der Waals surface area contributed by atoms with Crippen LogP contribution in [0.15, 0.2) is 4.52 Å². The number of hydrogen-bond donors (Lipinski definition) is 1. The number of hydrogen-bond acceptors (Lipinski definition) is 8. The quantitative estimate of drug-likeness (QED) is 0.909. The van der Waals surface area contributed by atoms with Crippen LogP contribution in [-0.2, 0) is 0 Å². The first-order valence-electron chi connectivity index (χ1n) is 6.85. The molecule has 0 radical (unpaired) electrons. The Bertz CT molecular complexity index is 627. The van der Waals surface area contributed by atoms with E-state index in [1.165, 1.54) is 11.5 Å². The molecule has 2 aromatic rings.